The van der Waals surface area contributed by atoms with E-state index in [-0.39, 0.29) is 12.6 Å². The summed E-state index contributed by atoms with van der Waals surface area (Å²) in [5.74, 6) is -0.378. The summed E-state index contributed by atoms with van der Waals surface area (Å²) in [6.07, 6.45) is 0.955. The molecule has 0 unspecified atom stereocenters. The zero-order valence-electron chi connectivity index (χ0n) is 11.8. The lowest BCUT2D eigenvalue weighted by Gasteiger charge is -2.15. The average molecular weight is 266 g/mol. The molecule has 1 aromatic rings. The molecule has 0 spiro atoms. The predicted octanol–water partition coefficient (Wildman–Crippen LogP) is 1.92. The minimum absolute atomic E-state index is 0.258. The molecule has 0 bridgehead atoms. The first-order chi connectivity index (χ1) is 9.06. The van der Waals surface area contributed by atoms with Crippen molar-refractivity contribution in [2.24, 2.45) is 0 Å². The summed E-state index contributed by atoms with van der Waals surface area (Å²) in [6.45, 7) is 3.39. The molecule has 5 nitrogen and oxygen atoms in total. The van der Waals surface area contributed by atoms with Crippen LogP contribution in [0.1, 0.15) is 23.7 Å². The van der Waals surface area contributed by atoms with Crippen molar-refractivity contribution in [3.8, 4) is 0 Å². The minimum Gasteiger partial charge on any atom is -0.460 e. The van der Waals surface area contributed by atoms with Crippen molar-refractivity contribution in [1.82, 2.24) is 0 Å². The Kier molecular flexibility index (Phi) is 6.15. The first-order valence-electron chi connectivity index (χ1n) is 6.38. The summed E-state index contributed by atoms with van der Waals surface area (Å²) in [5.41, 5.74) is 7.77. The van der Waals surface area contributed by atoms with Gasteiger partial charge in [-0.2, -0.15) is 0 Å². The van der Waals surface area contributed by atoms with E-state index in [1.165, 1.54) is 0 Å². The molecule has 1 rings (SSSR count). The first kappa shape index (κ1) is 15.3. The van der Waals surface area contributed by atoms with E-state index in [1.807, 2.05) is 25.9 Å². The van der Waals surface area contributed by atoms with Crippen molar-refractivity contribution in [2.75, 3.05) is 44.5 Å². The molecule has 0 atom stereocenters. The van der Waals surface area contributed by atoms with E-state index >= 15 is 0 Å². The smallest absolute Gasteiger partial charge is 0.338 e. The van der Waals surface area contributed by atoms with Crippen LogP contribution in [-0.4, -0.2) is 39.9 Å². The highest BCUT2D eigenvalue weighted by Gasteiger charge is 2.10. The van der Waals surface area contributed by atoms with Gasteiger partial charge in [-0.3, -0.25) is 0 Å². The molecule has 2 N–H and O–H groups in total. The van der Waals surface area contributed by atoms with Gasteiger partial charge in [-0.1, -0.05) is 6.92 Å². The number of hydrogen-bond acceptors (Lipinski definition) is 5. The number of ether oxygens (including phenoxy) is 2. The maximum Gasteiger partial charge on any atom is 0.338 e. The number of nitrogens with zero attached hydrogens (tertiary/aromatic N) is 1. The van der Waals surface area contributed by atoms with Crippen molar-refractivity contribution >= 4 is 17.3 Å². The molecule has 19 heavy (non-hydrogen) atoms. The molecular weight excluding hydrogens is 244 g/mol. The summed E-state index contributed by atoms with van der Waals surface area (Å²) in [4.78, 5) is 13.7. The van der Waals surface area contributed by atoms with Crippen molar-refractivity contribution in [2.45, 2.75) is 13.3 Å². The van der Waals surface area contributed by atoms with E-state index in [0.717, 1.165) is 12.1 Å². The molecule has 0 aliphatic heterocycles. The largest absolute Gasteiger partial charge is 0.460 e. The number of esters is 1. The van der Waals surface area contributed by atoms with Crippen LogP contribution in [0.5, 0.6) is 0 Å². The van der Waals surface area contributed by atoms with Gasteiger partial charge in [0.15, 0.2) is 0 Å². The highest BCUT2D eigenvalue weighted by molar-refractivity contribution is 5.92. The van der Waals surface area contributed by atoms with Gasteiger partial charge < -0.3 is 20.1 Å². The second-order valence-electron chi connectivity index (χ2n) is 4.42. The highest BCUT2D eigenvalue weighted by atomic mass is 16.6. The fourth-order valence-electron chi connectivity index (χ4n) is 1.61. The van der Waals surface area contributed by atoms with E-state index in [9.17, 15) is 4.79 Å². The number of carbonyl (C=O) groups is 1. The van der Waals surface area contributed by atoms with Crippen LogP contribution in [0.25, 0.3) is 0 Å². The summed E-state index contributed by atoms with van der Waals surface area (Å²) < 4.78 is 10.3. The standard InChI is InChI=1S/C14H22N2O3/c1-4-7-18-8-9-19-14(17)11-5-6-13(16(2)3)12(15)10-11/h5-6,10H,4,7-9,15H2,1-3H3. The van der Waals surface area contributed by atoms with E-state index in [2.05, 4.69) is 0 Å². The molecule has 106 valence electrons. The van der Waals surface area contributed by atoms with Crippen LogP contribution in [-0.2, 0) is 9.47 Å². The normalized spacial score (nSPS) is 10.3. The SMILES string of the molecule is CCCOCCOC(=O)c1ccc(N(C)C)c(N)c1. The van der Waals surface area contributed by atoms with Gasteiger partial charge in [0.1, 0.15) is 6.61 Å². The molecule has 0 heterocycles. The number of hydrogen-bond donors (Lipinski definition) is 1. The number of nitrogen functional groups attached to an aromatic ring is 1. The Labute approximate surface area is 114 Å². The molecule has 0 saturated heterocycles. The lowest BCUT2D eigenvalue weighted by Crippen LogP contribution is -2.14. The van der Waals surface area contributed by atoms with Crippen LogP contribution in [0.3, 0.4) is 0 Å². The van der Waals surface area contributed by atoms with E-state index in [4.69, 9.17) is 15.2 Å². The number of rotatable bonds is 7. The Bertz CT molecular complexity index is 419. The van der Waals surface area contributed by atoms with Crippen LogP contribution < -0.4 is 10.6 Å². The Morgan fingerprint density at radius 3 is 2.58 bits per heavy atom. The van der Waals surface area contributed by atoms with Crippen LogP contribution >= 0.6 is 0 Å². The molecule has 0 radical (unpaired) electrons. The Morgan fingerprint density at radius 2 is 2.00 bits per heavy atom. The molecule has 5 heteroatoms. The third-order valence-electron chi connectivity index (χ3n) is 2.55. The number of anilines is 2. The fourth-order valence-corrected chi connectivity index (χ4v) is 1.61. The van der Waals surface area contributed by atoms with Gasteiger partial charge in [0.2, 0.25) is 0 Å². The number of benzene rings is 1. The Morgan fingerprint density at radius 1 is 1.26 bits per heavy atom. The summed E-state index contributed by atoms with van der Waals surface area (Å²) >= 11 is 0. The van der Waals surface area contributed by atoms with Gasteiger partial charge in [-0.15, -0.1) is 0 Å². The quantitative estimate of drug-likeness (QED) is 0.464. The van der Waals surface area contributed by atoms with Crippen molar-refractivity contribution in [1.29, 1.82) is 0 Å². The molecule has 0 aliphatic rings. The van der Waals surface area contributed by atoms with Crippen LogP contribution in [0.2, 0.25) is 0 Å². The summed E-state index contributed by atoms with van der Waals surface area (Å²) in [5, 5.41) is 0. The lowest BCUT2D eigenvalue weighted by atomic mass is 10.1. The zero-order valence-corrected chi connectivity index (χ0v) is 11.8. The molecule has 0 fully saturated rings. The maximum absolute atomic E-state index is 11.8. The van der Waals surface area contributed by atoms with Crippen molar-refractivity contribution < 1.29 is 14.3 Å². The van der Waals surface area contributed by atoms with Gasteiger partial charge in [0.25, 0.3) is 0 Å². The van der Waals surface area contributed by atoms with Crippen LogP contribution in [0.4, 0.5) is 11.4 Å². The molecule has 0 saturated carbocycles. The van der Waals surface area contributed by atoms with E-state index < -0.39 is 0 Å². The molecule has 1 aromatic carbocycles. The van der Waals surface area contributed by atoms with E-state index in [1.54, 1.807) is 18.2 Å². The minimum atomic E-state index is -0.378. The average Bonchev–Trinajstić information content (AvgIpc) is 2.37. The third-order valence-corrected chi connectivity index (χ3v) is 2.55. The lowest BCUT2D eigenvalue weighted by molar-refractivity contribution is 0.0318. The van der Waals surface area contributed by atoms with Gasteiger partial charge in [0, 0.05) is 20.7 Å². The fraction of sp³-hybridized carbons (Fsp3) is 0.500. The molecule has 0 aliphatic carbocycles. The van der Waals surface area contributed by atoms with Gasteiger partial charge in [0.05, 0.1) is 23.5 Å². The van der Waals surface area contributed by atoms with Crippen LogP contribution in [0, 0.1) is 0 Å². The molecule has 0 amide bonds. The van der Waals surface area contributed by atoms with Gasteiger partial charge in [-0.25, -0.2) is 4.79 Å². The predicted molar refractivity (Wildman–Crippen MR) is 76.6 cm³/mol. The first-order valence-corrected chi connectivity index (χ1v) is 6.38. The van der Waals surface area contributed by atoms with Gasteiger partial charge in [-0.05, 0) is 24.6 Å². The Hall–Kier alpha value is -1.75. The second-order valence-corrected chi connectivity index (χ2v) is 4.42. The topological polar surface area (TPSA) is 64.8 Å². The molecule has 0 aromatic heterocycles. The van der Waals surface area contributed by atoms with E-state index in [0.29, 0.717) is 24.5 Å². The third kappa shape index (κ3) is 4.79. The van der Waals surface area contributed by atoms with Crippen molar-refractivity contribution in [3.63, 3.8) is 0 Å². The van der Waals surface area contributed by atoms with Crippen LogP contribution in [0.15, 0.2) is 18.2 Å². The zero-order chi connectivity index (χ0) is 14.3. The highest BCUT2D eigenvalue weighted by Crippen LogP contribution is 2.22. The van der Waals surface area contributed by atoms with Crippen molar-refractivity contribution in [3.05, 3.63) is 23.8 Å². The summed E-state index contributed by atoms with van der Waals surface area (Å²) in [6, 6.07) is 5.14. The molecular formula is C14H22N2O3. The second kappa shape index (κ2) is 7.63. The number of carbonyl (C=O) groups excluding carboxylic acids is 1. The monoisotopic (exact) mass is 266 g/mol. The number of nitrogens with two attached hydrogens (primary N) is 1. The summed E-state index contributed by atoms with van der Waals surface area (Å²) in [7, 11) is 3.80. The Balaban J connectivity index is 2.51. The maximum atomic E-state index is 11.8. The van der Waals surface area contributed by atoms with Gasteiger partial charge >= 0.3 is 5.97 Å².